The number of cyclic esters (lactones) is 1. The smallest absolute Gasteiger partial charge is 0.412 e. The van der Waals surface area contributed by atoms with Crippen molar-refractivity contribution in [3.05, 3.63) is 83.9 Å². The lowest BCUT2D eigenvalue weighted by atomic mass is 9.75. The van der Waals surface area contributed by atoms with E-state index in [-0.39, 0.29) is 12.0 Å². The van der Waals surface area contributed by atoms with Crippen molar-refractivity contribution >= 4 is 17.9 Å². The minimum absolute atomic E-state index is 0.0920. The Bertz CT molecular complexity index is 798. The molecule has 0 aromatic heterocycles. The largest absolute Gasteiger partial charge is 0.431 e. The number of ether oxygens (including phenoxy) is 1. The van der Waals surface area contributed by atoms with E-state index in [0.717, 1.165) is 11.1 Å². The molecule has 1 aliphatic rings. The van der Waals surface area contributed by atoms with Gasteiger partial charge >= 0.3 is 6.09 Å². The zero-order valence-electron chi connectivity index (χ0n) is 17.4. The lowest BCUT2D eigenvalue weighted by molar-refractivity contribution is 0.0512. The molecule has 29 heavy (non-hydrogen) atoms. The van der Waals surface area contributed by atoms with E-state index in [0.29, 0.717) is 0 Å². The van der Waals surface area contributed by atoms with Gasteiger partial charge in [-0.05, 0) is 19.1 Å². The van der Waals surface area contributed by atoms with Crippen LogP contribution in [0.2, 0.25) is 0 Å². The van der Waals surface area contributed by atoms with Crippen LogP contribution in [0.5, 0.6) is 0 Å². The van der Waals surface area contributed by atoms with Gasteiger partial charge in [-0.15, -0.1) is 11.8 Å². The van der Waals surface area contributed by atoms with Crippen LogP contribution in [0.15, 0.2) is 72.8 Å². The number of allylic oxidation sites excluding steroid dienone is 1. The van der Waals surface area contributed by atoms with Gasteiger partial charge < -0.3 is 9.84 Å². The minimum atomic E-state index is -0.947. The summed E-state index contributed by atoms with van der Waals surface area (Å²) >= 11 is 1.46. The quantitative estimate of drug-likeness (QED) is 0.649. The van der Waals surface area contributed by atoms with Gasteiger partial charge in [0.2, 0.25) is 0 Å². The molecule has 0 radical (unpaired) electrons. The Labute approximate surface area is 177 Å². The standard InChI is InChI=1S/C24H29NO3S/c1-5-12-20(26)22(29-4)25-21(17(2)3)24(28-23(25)27,18-13-8-6-9-14-18)19-15-10-7-11-16-19/h5-17,20-22,26H,1-4H3/b12-5+/t20-,21+,22+/m1/s1. The van der Waals surface area contributed by atoms with Crippen molar-refractivity contribution in [2.75, 3.05) is 6.26 Å². The number of carbonyl (C=O) groups excluding carboxylic acids is 1. The molecule has 2 aromatic rings. The van der Waals surface area contributed by atoms with Crippen molar-refractivity contribution in [3.63, 3.8) is 0 Å². The maximum Gasteiger partial charge on any atom is 0.412 e. The highest BCUT2D eigenvalue weighted by Gasteiger charge is 2.59. The highest BCUT2D eigenvalue weighted by atomic mass is 32.2. The summed E-state index contributed by atoms with van der Waals surface area (Å²) in [6.45, 7) is 6.06. The third kappa shape index (κ3) is 3.81. The molecule has 0 saturated carbocycles. The average molecular weight is 412 g/mol. The van der Waals surface area contributed by atoms with Crippen molar-refractivity contribution in [2.45, 2.75) is 43.9 Å². The van der Waals surface area contributed by atoms with Crippen LogP contribution in [0.25, 0.3) is 0 Å². The van der Waals surface area contributed by atoms with Crippen LogP contribution in [0.3, 0.4) is 0 Å². The predicted octanol–water partition coefficient (Wildman–Crippen LogP) is 5.03. The Morgan fingerprint density at radius 1 is 1.07 bits per heavy atom. The van der Waals surface area contributed by atoms with Gasteiger partial charge in [-0.3, -0.25) is 4.90 Å². The number of rotatable bonds is 7. The highest BCUT2D eigenvalue weighted by molar-refractivity contribution is 7.99. The second-order valence-electron chi connectivity index (χ2n) is 7.57. The summed E-state index contributed by atoms with van der Waals surface area (Å²) in [5.41, 5.74) is 0.916. The Balaban J connectivity index is 2.23. The molecular weight excluding hydrogens is 382 g/mol. The molecule has 0 spiro atoms. The van der Waals surface area contributed by atoms with Crippen LogP contribution < -0.4 is 0 Å². The zero-order valence-corrected chi connectivity index (χ0v) is 18.2. The van der Waals surface area contributed by atoms with Crippen LogP contribution in [0.1, 0.15) is 31.9 Å². The third-order valence-electron chi connectivity index (χ3n) is 5.41. The van der Waals surface area contributed by atoms with Gasteiger partial charge in [0, 0.05) is 11.1 Å². The first kappa shape index (κ1) is 21.5. The van der Waals surface area contributed by atoms with Crippen LogP contribution in [-0.4, -0.2) is 39.9 Å². The van der Waals surface area contributed by atoms with Crippen LogP contribution >= 0.6 is 11.8 Å². The highest BCUT2D eigenvalue weighted by Crippen LogP contribution is 2.49. The van der Waals surface area contributed by atoms with Crippen molar-refractivity contribution in [2.24, 2.45) is 5.92 Å². The molecule has 5 heteroatoms. The summed E-state index contributed by atoms with van der Waals surface area (Å²) in [7, 11) is 0. The molecule has 0 aliphatic carbocycles. The van der Waals surface area contributed by atoms with E-state index in [4.69, 9.17) is 4.74 Å². The molecule has 2 aromatic carbocycles. The van der Waals surface area contributed by atoms with Crippen molar-refractivity contribution < 1.29 is 14.6 Å². The second-order valence-corrected chi connectivity index (χ2v) is 8.53. The number of amides is 1. The fraction of sp³-hybridized carbons (Fsp3) is 0.375. The first-order chi connectivity index (χ1) is 14.0. The molecule has 154 valence electrons. The Kier molecular flexibility index (Phi) is 6.70. The van der Waals surface area contributed by atoms with Gasteiger partial charge in [0.1, 0.15) is 11.5 Å². The Morgan fingerprint density at radius 2 is 1.59 bits per heavy atom. The monoisotopic (exact) mass is 411 g/mol. The number of hydrogen-bond donors (Lipinski definition) is 1. The SMILES string of the molecule is C/C=C/[C@@H](O)[C@H](SC)N1C(=O)OC(c2ccccc2)(c2ccccc2)[C@@H]1C(C)C. The lowest BCUT2D eigenvalue weighted by Crippen LogP contribution is -2.53. The minimum Gasteiger partial charge on any atom is -0.431 e. The number of nitrogens with zero attached hydrogens (tertiary/aromatic N) is 1. The van der Waals surface area contributed by atoms with E-state index < -0.39 is 23.2 Å². The molecule has 3 atom stereocenters. The molecule has 0 unspecified atom stereocenters. The number of carbonyl (C=O) groups is 1. The van der Waals surface area contributed by atoms with Crippen molar-refractivity contribution in [3.8, 4) is 0 Å². The van der Waals surface area contributed by atoms with Gasteiger partial charge in [0.15, 0.2) is 5.60 Å². The van der Waals surface area contributed by atoms with E-state index in [1.807, 2.05) is 73.8 Å². The predicted molar refractivity (Wildman–Crippen MR) is 119 cm³/mol. The van der Waals surface area contributed by atoms with Gasteiger partial charge in [0.25, 0.3) is 0 Å². The molecule has 4 nitrogen and oxygen atoms in total. The molecule has 3 rings (SSSR count). The number of aliphatic hydroxyl groups excluding tert-OH is 1. The van der Waals surface area contributed by atoms with E-state index >= 15 is 0 Å². The summed E-state index contributed by atoms with van der Waals surface area (Å²) in [5, 5.41) is 10.3. The van der Waals surface area contributed by atoms with Crippen LogP contribution in [0, 0.1) is 5.92 Å². The average Bonchev–Trinajstić information content (AvgIpc) is 3.04. The Hall–Kier alpha value is -2.24. The summed E-state index contributed by atoms with van der Waals surface area (Å²) in [5.74, 6) is 0.0920. The number of thioether (sulfide) groups is 1. The topological polar surface area (TPSA) is 49.8 Å². The van der Waals surface area contributed by atoms with Crippen LogP contribution in [-0.2, 0) is 10.3 Å². The maximum absolute atomic E-state index is 13.3. The van der Waals surface area contributed by atoms with Gasteiger partial charge in [-0.1, -0.05) is 86.7 Å². The van der Waals surface area contributed by atoms with Crippen LogP contribution in [0.4, 0.5) is 4.79 Å². The first-order valence-electron chi connectivity index (χ1n) is 9.93. The molecule has 1 saturated heterocycles. The van der Waals surface area contributed by atoms with E-state index in [1.54, 1.807) is 17.1 Å². The van der Waals surface area contributed by atoms with Gasteiger partial charge in [0.05, 0.1) is 6.04 Å². The molecule has 1 heterocycles. The summed E-state index contributed by atoms with van der Waals surface area (Å²) < 4.78 is 6.26. The number of aliphatic hydroxyl groups is 1. The fourth-order valence-electron chi connectivity index (χ4n) is 4.32. The maximum atomic E-state index is 13.3. The zero-order chi connectivity index (χ0) is 21.0. The van der Waals surface area contributed by atoms with Crippen molar-refractivity contribution in [1.82, 2.24) is 4.90 Å². The van der Waals surface area contributed by atoms with Crippen molar-refractivity contribution in [1.29, 1.82) is 0 Å². The molecule has 1 amide bonds. The molecule has 1 N–H and O–H groups in total. The molecule has 1 fully saturated rings. The summed E-state index contributed by atoms with van der Waals surface area (Å²) in [4.78, 5) is 15.1. The summed E-state index contributed by atoms with van der Waals surface area (Å²) in [6.07, 6.45) is 4.25. The van der Waals surface area contributed by atoms with E-state index in [2.05, 4.69) is 13.8 Å². The first-order valence-corrected chi connectivity index (χ1v) is 11.2. The third-order valence-corrected chi connectivity index (χ3v) is 6.40. The fourth-order valence-corrected chi connectivity index (χ4v) is 5.13. The Morgan fingerprint density at radius 3 is 2.00 bits per heavy atom. The van der Waals surface area contributed by atoms with Gasteiger partial charge in [-0.25, -0.2) is 4.79 Å². The normalized spacial score (nSPS) is 20.8. The number of hydrogen-bond acceptors (Lipinski definition) is 4. The molecular formula is C24H29NO3S. The van der Waals surface area contributed by atoms with E-state index in [9.17, 15) is 9.90 Å². The molecule has 1 aliphatic heterocycles. The lowest BCUT2D eigenvalue weighted by Gasteiger charge is -2.40. The number of benzene rings is 2. The van der Waals surface area contributed by atoms with E-state index in [1.165, 1.54) is 11.8 Å². The second kappa shape index (κ2) is 9.06. The molecule has 0 bridgehead atoms. The summed E-state index contributed by atoms with van der Waals surface area (Å²) in [6, 6.07) is 19.5. The van der Waals surface area contributed by atoms with Gasteiger partial charge in [-0.2, -0.15) is 0 Å².